The van der Waals surface area contributed by atoms with Crippen LogP contribution in [0.25, 0.3) is 11.3 Å². The van der Waals surface area contributed by atoms with Crippen molar-refractivity contribution in [2.75, 3.05) is 5.32 Å². The fourth-order valence-corrected chi connectivity index (χ4v) is 4.03. The summed E-state index contributed by atoms with van der Waals surface area (Å²) in [4.78, 5) is 17.0. The van der Waals surface area contributed by atoms with Gasteiger partial charge in [0.15, 0.2) is 5.13 Å². The molecule has 0 aliphatic rings. The number of hydrogen-bond donors (Lipinski definition) is 1. The fraction of sp³-hybridized carbons (Fsp3) is 0.120. The Bertz CT molecular complexity index is 1160. The van der Waals surface area contributed by atoms with Crippen molar-refractivity contribution in [2.24, 2.45) is 0 Å². The molecule has 150 valence electrons. The molecular weight excluding hydrogens is 392 g/mol. The predicted octanol–water partition coefficient (Wildman–Crippen LogP) is 6.78. The van der Waals surface area contributed by atoms with Crippen LogP contribution in [0.15, 0.2) is 72.1 Å². The Balaban J connectivity index is 1.54. The van der Waals surface area contributed by atoms with Gasteiger partial charge in [-0.2, -0.15) is 0 Å². The fourth-order valence-electron chi connectivity index (χ4n) is 3.33. The molecule has 1 heterocycles. The van der Waals surface area contributed by atoms with E-state index >= 15 is 0 Å². The lowest BCUT2D eigenvalue weighted by molar-refractivity contribution is 0.102. The Morgan fingerprint density at radius 1 is 0.900 bits per heavy atom. The minimum Gasteiger partial charge on any atom is -0.457 e. The highest BCUT2D eigenvalue weighted by Gasteiger charge is 2.14. The van der Waals surface area contributed by atoms with Gasteiger partial charge >= 0.3 is 0 Å². The van der Waals surface area contributed by atoms with Crippen molar-refractivity contribution in [1.82, 2.24) is 4.98 Å². The van der Waals surface area contributed by atoms with E-state index in [0.717, 1.165) is 33.9 Å². The van der Waals surface area contributed by atoms with Crippen molar-refractivity contribution in [3.8, 4) is 22.8 Å². The van der Waals surface area contributed by atoms with E-state index in [1.165, 1.54) is 16.9 Å². The highest BCUT2D eigenvalue weighted by molar-refractivity contribution is 7.14. The molecule has 0 saturated carbocycles. The molecule has 0 fully saturated rings. The molecule has 0 atom stereocenters. The van der Waals surface area contributed by atoms with Gasteiger partial charge in [0.2, 0.25) is 0 Å². The number of carbonyl (C=O) groups excluding carboxylic acids is 1. The van der Waals surface area contributed by atoms with Crippen LogP contribution < -0.4 is 10.1 Å². The molecule has 5 heteroatoms. The Hall–Kier alpha value is -3.44. The molecule has 0 radical (unpaired) electrons. The van der Waals surface area contributed by atoms with Gasteiger partial charge in [-0.05, 0) is 68.3 Å². The van der Waals surface area contributed by atoms with Gasteiger partial charge in [0.05, 0.1) is 5.69 Å². The summed E-state index contributed by atoms with van der Waals surface area (Å²) in [6.45, 7) is 6.15. The number of aryl methyl sites for hydroxylation is 3. The summed E-state index contributed by atoms with van der Waals surface area (Å²) in [6, 6.07) is 21.2. The number of anilines is 1. The van der Waals surface area contributed by atoms with E-state index < -0.39 is 0 Å². The van der Waals surface area contributed by atoms with Crippen LogP contribution in [0.5, 0.6) is 11.5 Å². The number of ether oxygens (including phenoxy) is 1. The third-order valence-electron chi connectivity index (χ3n) is 4.78. The smallest absolute Gasteiger partial charge is 0.257 e. The van der Waals surface area contributed by atoms with E-state index in [9.17, 15) is 4.79 Å². The molecule has 4 aromatic rings. The maximum Gasteiger partial charge on any atom is 0.257 e. The third kappa shape index (κ3) is 4.42. The molecular formula is C25H22N2O2S. The molecule has 1 amide bonds. The van der Waals surface area contributed by atoms with Crippen LogP contribution in [-0.2, 0) is 0 Å². The molecule has 0 aliphatic carbocycles. The summed E-state index contributed by atoms with van der Waals surface area (Å²) < 4.78 is 6.02. The van der Waals surface area contributed by atoms with E-state index in [4.69, 9.17) is 4.74 Å². The lowest BCUT2D eigenvalue weighted by Crippen LogP contribution is -2.11. The molecule has 0 unspecified atom stereocenters. The lowest BCUT2D eigenvalue weighted by Gasteiger charge is -2.12. The summed E-state index contributed by atoms with van der Waals surface area (Å²) in [5.41, 5.74) is 5.86. The Kier molecular flexibility index (Phi) is 5.63. The first-order valence-electron chi connectivity index (χ1n) is 9.67. The van der Waals surface area contributed by atoms with E-state index in [-0.39, 0.29) is 5.91 Å². The van der Waals surface area contributed by atoms with Crippen molar-refractivity contribution in [2.45, 2.75) is 20.8 Å². The second-order valence-corrected chi connectivity index (χ2v) is 8.06. The maximum absolute atomic E-state index is 12.4. The van der Waals surface area contributed by atoms with Gasteiger partial charge in [-0.25, -0.2) is 4.98 Å². The van der Waals surface area contributed by atoms with Crippen LogP contribution in [0, 0.1) is 20.8 Å². The quantitative estimate of drug-likeness (QED) is 0.392. The minimum absolute atomic E-state index is 0.160. The first-order chi connectivity index (χ1) is 14.5. The van der Waals surface area contributed by atoms with E-state index in [1.807, 2.05) is 73.8 Å². The second kappa shape index (κ2) is 8.51. The molecule has 1 aromatic heterocycles. The van der Waals surface area contributed by atoms with E-state index in [1.54, 1.807) is 12.1 Å². The molecule has 0 bridgehead atoms. The predicted molar refractivity (Wildman–Crippen MR) is 123 cm³/mol. The van der Waals surface area contributed by atoms with Gasteiger partial charge in [0.1, 0.15) is 11.5 Å². The molecule has 1 N–H and O–H groups in total. The monoisotopic (exact) mass is 414 g/mol. The second-order valence-electron chi connectivity index (χ2n) is 7.21. The third-order valence-corrected chi connectivity index (χ3v) is 5.54. The van der Waals surface area contributed by atoms with E-state index in [2.05, 4.69) is 17.2 Å². The van der Waals surface area contributed by atoms with Crippen LogP contribution in [0.2, 0.25) is 0 Å². The van der Waals surface area contributed by atoms with Gasteiger partial charge < -0.3 is 4.74 Å². The zero-order valence-electron chi connectivity index (χ0n) is 17.1. The molecule has 4 rings (SSSR count). The Morgan fingerprint density at radius 2 is 1.57 bits per heavy atom. The first-order valence-corrected chi connectivity index (χ1v) is 10.6. The minimum atomic E-state index is -0.160. The number of benzene rings is 3. The molecule has 3 aromatic carbocycles. The van der Waals surface area contributed by atoms with Gasteiger partial charge in [0.25, 0.3) is 5.91 Å². The van der Waals surface area contributed by atoms with Gasteiger partial charge in [-0.15, -0.1) is 11.3 Å². The number of hydrogen-bond acceptors (Lipinski definition) is 4. The van der Waals surface area contributed by atoms with Crippen molar-refractivity contribution < 1.29 is 9.53 Å². The number of rotatable bonds is 5. The number of aromatic nitrogens is 1. The van der Waals surface area contributed by atoms with Crippen molar-refractivity contribution in [1.29, 1.82) is 0 Å². The SMILES string of the molecule is Cc1ccc(Oc2cc(C)c(-c3csc(NC(=O)c4ccccc4)n3)c(C)c2)cc1. The Morgan fingerprint density at radius 3 is 2.23 bits per heavy atom. The average Bonchev–Trinajstić information content (AvgIpc) is 3.18. The topological polar surface area (TPSA) is 51.2 Å². The average molecular weight is 415 g/mol. The summed E-state index contributed by atoms with van der Waals surface area (Å²) in [6.07, 6.45) is 0. The summed E-state index contributed by atoms with van der Waals surface area (Å²) in [7, 11) is 0. The Labute approximate surface area is 180 Å². The highest BCUT2D eigenvalue weighted by Crippen LogP contribution is 2.34. The zero-order valence-corrected chi connectivity index (χ0v) is 17.9. The largest absolute Gasteiger partial charge is 0.457 e. The van der Waals surface area contributed by atoms with Crippen molar-refractivity contribution in [3.05, 3.63) is 94.4 Å². The standard InChI is InChI=1S/C25H22N2O2S/c1-16-9-11-20(12-10-16)29-21-13-17(2)23(18(3)14-21)22-15-30-25(26-22)27-24(28)19-7-5-4-6-8-19/h4-15H,1-3H3,(H,26,27,28). The molecule has 30 heavy (non-hydrogen) atoms. The number of carbonyl (C=O) groups is 1. The van der Waals surface area contributed by atoms with Crippen LogP contribution in [0.1, 0.15) is 27.0 Å². The first kappa shape index (κ1) is 19.9. The number of nitrogens with zero attached hydrogens (tertiary/aromatic N) is 1. The van der Waals surface area contributed by atoms with Crippen LogP contribution in [0.4, 0.5) is 5.13 Å². The number of thiazole rings is 1. The van der Waals surface area contributed by atoms with Crippen molar-refractivity contribution in [3.63, 3.8) is 0 Å². The lowest BCUT2D eigenvalue weighted by atomic mass is 10.0. The molecule has 4 nitrogen and oxygen atoms in total. The van der Waals surface area contributed by atoms with E-state index in [0.29, 0.717) is 10.7 Å². The maximum atomic E-state index is 12.4. The normalized spacial score (nSPS) is 10.6. The van der Waals surface area contributed by atoms with Gasteiger partial charge in [-0.1, -0.05) is 35.9 Å². The van der Waals surface area contributed by atoms with Crippen molar-refractivity contribution >= 4 is 22.4 Å². The highest BCUT2D eigenvalue weighted by atomic mass is 32.1. The van der Waals surface area contributed by atoms with Crippen LogP contribution in [0.3, 0.4) is 0 Å². The summed E-state index contributed by atoms with van der Waals surface area (Å²) in [5.74, 6) is 1.45. The van der Waals surface area contributed by atoms with Crippen LogP contribution >= 0.6 is 11.3 Å². The molecule has 0 saturated heterocycles. The summed E-state index contributed by atoms with van der Waals surface area (Å²) in [5, 5.41) is 5.43. The molecule has 0 spiro atoms. The van der Waals surface area contributed by atoms with Gasteiger partial charge in [-0.3, -0.25) is 10.1 Å². The number of nitrogens with one attached hydrogen (secondary N) is 1. The zero-order chi connectivity index (χ0) is 21.1. The van der Waals surface area contributed by atoms with Gasteiger partial charge in [0, 0.05) is 16.5 Å². The molecule has 0 aliphatic heterocycles. The van der Waals surface area contributed by atoms with Crippen LogP contribution in [-0.4, -0.2) is 10.9 Å². The number of amides is 1. The summed E-state index contributed by atoms with van der Waals surface area (Å²) >= 11 is 1.42.